The lowest BCUT2D eigenvalue weighted by molar-refractivity contribution is -0.383. The zero-order valence-electron chi connectivity index (χ0n) is 33.7. The van der Waals surface area contributed by atoms with Gasteiger partial charge in [0.2, 0.25) is 5.79 Å². The Hall–Kier alpha value is -6.56. The van der Waals surface area contributed by atoms with Gasteiger partial charge in [-0.3, -0.25) is 0 Å². The molecule has 4 N–H and O–H groups in total. The van der Waals surface area contributed by atoms with Crippen LogP contribution in [0.15, 0.2) is 146 Å². The SMILES string of the molecule is O=C(/C=C/c1ccccc1)OC[C@H]1O[C@@](CO)(O[C@H]2O[C@H](CO)[C@@H](O)[C@H](OC(=O)/C=C/c3ccccc3)[C@H]2O)[C@@H](OC(=O)/C=C/c2ccccc2)[C@@H]1OC(=O)/C=C/c1ccccc1. The average Bonchev–Trinajstić information content (AvgIpc) is 3.59. The van der Waals surface area contributed by atoms with Gasteiger partial charge >= 0.3 is 23.9 Å². The third kappa shape index (κ3) is 12.7. The fraction of sp³-hybridized carbons (Fsp3) is 0.250. The van der Waals surface area contributed by atoms with Crippen LogP contribution in [0, 0.1) is 0 Å². The Kier molecular flexibility index (Phi) is 16.4. The normalized spacial score (nSPS) is 26.0. The fourth-order valence-corrected chi connectivity index (χ4v) is 6.64. The molecule has 4 aromatic rings. The average molecular weight is 863 g/mol. The summed E-state index contributed by atoms with van der Waals surface area (Å²) in [6.45, 7) is -2.69. The number of aliphatic hydroxyl groups is 4. The number of hydrogen-bond acceptors (Lipinski definition) is 15. The van der Waals surface area contributed by atoms with E-state index in [0.717, 1.165) is 24.3 Å². The summed E-state index contributed by atoms with van der Waals surface area (Å²) in [6, 6.07) is 35.1. The monoisotopic (exact) mass is 862 g/mol. The molecule has 0 saturated carbocycles. The van der Waals surface area contributed by atoms with E-state index in [4.69, 9.17) is 33.2 Å². The van der Waals surface area contributed by atoms with Crippen LogP contribution in [0.4, 0.5) is 0 Å². The van der Waals surface area contributed by atoms with Crippen LogP contribution in [-0.4, -0.2) is 119 Å². The maximum atomic E-state index is 13.6. The van der Waals surface area contributed by atoms with Crippen molar-refractivity contribution in [3.05, 3.63) is 168 Å². The van der Waals surface area contributed by atoms with Crippen LogP contribution in [0.1, 0.15) is 22.3 Å². The van der Waals surface area contributed by atoms with Gasteiger partial charge in [0, 0.05) is 24.3 Å². The summed E-state index contributed by atoms with van der Waals surface area (Å²) in [5.74, 6) is -6.39. The Morgan fingerprint density at radius 3 is 1.38 bits per heavy atom. The Bertz CT molecular complexity index is 2230. The van der Waals surface area contributed by atoms with Gasteiger partial charge in [-0.05, 0) is 46.6 Å². The molecular weight excluding hydrogens is 817 g/mol. The van der Waals surface area contributed by atoms with E-state index in [1.807, 2.05) is 0 Å². The van der Waals surface area contributed by atoms with Crippen molar-refractivity contribution in [3.8, 4) is 0 Å². The van der Waals surface area contributed by atoms with E-state index in [-0.39, 0.29) is 0 Å². The van der Waals surface area contributed by atoms with Crippen molar-refractivity contribution in [2.75, 3.05) is 19.8 Å². The second-order valence-corrected chi connectivity index (χ2v) is 14.2. The standard InChI is InChI=1S/C48H46O15/c49-29-36-42(55)45(60-40(53)27-23-34-17-9-3-10-18-34)43(56)47(58-36)63-48(31-50)46(61-41(54)28-24-35-19-11-4-12-20-35)44(59-39(52)26-22-33-15-7-2-8-16-33)37(62-48)30-57-38(51)25-21-32-13-5-1-6-14-32/h1-28,36-37,42-47,49-50,55-56H,29-31H2/b25-21+,26-22+,27-23+,28-24+/t36-,37-,42-,43-,44-,45+,46+,47-,48+/m1/s1. The Morgan fingerprint density at radius 1 is 0.540 bits per heavy atom. The van der Waals surface area contributed by atoms with Crippen LogP contribution in [0.2, 0.25) is 0 Å². The zero-order chi connectivity index (χ0) is 44.6. The summed E-state index contributed by atoms with van der Waals surface area (Å²) in [6.07, 6.45) is -4.00. The molecule has 0 aliphatic carbocycles. The zero-order valence-corrected chi connectivity index (χ0v) is 33.7. The smallest absolute Gasteiger partial charge is 0.331 e. The number of rotatable bonds is 17. The molecule has 15 heteroatoms. The largest absolute Gasteiger partial charge is 0.460 e. The molecule has 328 valence electrons. The first-order valence-corrected chi connectivity index (χ1v) is 19.9. The van der Waals surface area contributed by atoms with Crippen molar-refractivity contribution in [1.29, 1.82) is 0 Å². The summed E-state index contributed by atoms with van der Waals surface area (Å²) >= 11 is 0. The first kappa shape index (κ1) is 46.0. The van der Waals surface area contributed by atoms with Gasteiger partial charge in [-0.2, -0.15) is 0 Å². The highest BCUT2D eigenvalue weighted by atomic mass is 16.8. The molecule has 0 spiro atoms. The predicted octanol–water partition coefficient (Wildman–Crippen LogP) is 3.66. The van der Waals surface area contributed by atoms with Gasteiger partial charge in [0.25, 0.3) is 0 Å². The van der Waals surface area contributed by atoms with Gasteiger partial charge in [0.15, 0.2) is 24.6 Å². The number of carbonyl (C=O) groups excluding carboxylic acids is 4. The predicted molar refractivity (Wildman–Crippen MR) is 226 cm³/mol. The van der Waals surface area contributed by atoms with Gasteiger partial charge < -0.3 is 53.6 Å². The van der Waals surface area contributed by atoms with Crippen LogP contribution in [0.5, 0.6) is 0 Å². The maximum Gasteiger partial charge on any atom is 0.331 e. The van der Waals surface area contributed by atoms with E-state index in [0.29, 0.717) is 22.3 Å². The Labute approximate surface area is 362 Å². The number of aliphatic hydroxyl groups excluding tert-OH is 4. The van der Waals surface area contributed by atoms with Crippen LogP contribution >= 0.6 is 0 Å². The minimum Gasteiger partial charge on any atom is -0.460 e. The van der Waals surface area contributed by atoms with Crippen LogP contribution in [-0.2, 0) is 52.3 Å². The molecule has 2 aliphatic heterocycles. The number of ether oxygens (including phenoxy) is 7. The van der Waals surface area contributed by atoms with E-state index in [2.05, 4.69) is 0 Å². The highest BCUT2D eigenvalue weighted by molar-refractivity contribution is 5.89. The highest BCUT2D eigenvalue weighted by Crippen LogP contribution is 2.40. The van der Waals surface area contributed by atoms with Crippen LogP contribution in [0.3, 0.4) is 0 Å². The second-order valence-electron chi connectivity index (χ2n) is 14.2. The molecule has 15 nitrogen and oxygen atoms in total. The summed E-state index contributed by atoms with van der Waals surface area (Å²) in [7, 11) is 0. The number of benzene rings is 4. The van der Waals surface area contributed by atoms with E-state index in [9.17, 15) is 39.6 Å². The topological polar surface area (TPSA) is 214 Å². The van der Waals surface area contributed by atoms with Crippen molar-refractivity contribution < 1.29 is 72.8 Å². The first-order chi connectivity index (χ1) is 30.6. The fourth-order valence-electron chi connectivity index (χ4n) is 6.64. The van der Waals surface area contributed by atoms with Crippen molar-refractivity contribution in [3.63, 3.8) is 0 Å². The molecule has 2 aliphatic rings. The molecule has 0 radical (unpaired) electrons. The summed E-state index contributed by atoms with van der Waals surface area (Å²) < 4.78 is 40.7. The lowest BCUT2D eigenvalue weighted by Crippen LogP contribution is -2.64. The molecule has 2 saturated heterocycles. The minimum absolute atomic E-state index is 0.621. The molecule has 0 amide bonds. The first-order valence-electron chi connectivity index (χ1n) is 19.9. The molecule has 0 bridgehead atoms. The molecule has 2 fully saturated rings. The van der Waals surface area contributed by atoms with E-state index in [1.54, 1.807) is 121 Å². The van der Waals surface area contributed by atoms with Gasteiger partial charge in [0.1, 0.15) is 37.6 Å². The molecule has 63 heavy (non-hydrogen) atoms. The minimum atomic E-state index is -2.59. The maximum absolute atomic E-state index is 13.6. The lowest BCUT2D eigenvalue weighted by atomic mass is 9.98. The highest BCUT2D eigenvalue weighted by Gasteiger charge is 2.63. The quantitative estimate of drug-likeness (QED) is 0.0678. The molecule has 6 rings (SSSR count). The lowest BCUT2D eigenvalue weighted by Gasteiger charge is -2.44. The summed E-state index contributed by atoms with van der Waals surface area (Å²) in [5, 5.41) is 43.9. The molecule has 9 atom stereocenters. The Morgan fingerprint density at radius 2 is 0.952 bits per heavy atom. The number of esters is 4. The van der Waals surface area contributed by atoms with Crippen molar-refractivity contribution >= 4 is 48.2 Å². The second kappa shape index (κ2) is 22.5. The van der Waals surface area contributed by atoms with Gasteiger partial charge in [0.05, 0.1) is 6.61 Å². The van der Waals surface area contributed by atoms with E-state index < -0.39 is 98.5 Å². The summed E-state index contributed by atoms with van der Waals surface area (Å²) in [5.41, 5.74) is 2.61. The van der Waals surface area contributed by atoms with Crippen LogP contribution < -0.4 is 0 Å². The molecule has 0 aromatic heterocycles. The molecule has 0 unspecified atom stereocenters. The Balaban J connectivity index is 1.32. The van der Waals surface area contributed by atoms with Gasteiger partial charge in [-0.25, -0.2) is 19.2 Å². The van der Waals surface area contributed by atoms with E-state index in [1.165, 1.54) is 24.3 Å². The van der Waals surface area contributed by atoms with Crippen molar-refractivity contribution in [2.24, 2.45) is 0 Å². The number of hydrogen-bond donors (Lipinski definition) is 4. The van der Waals surface area contributed by atoms with Crippen molar-refractivity contribution in [2.45, 2.75) is 54.8 Å². The van der Waals surface area contributed by atoms with Gasteiger partial charge in [-0.1, -0.05) is 121 Å². The van der Waals surface area contributed by atoms with Crippen molar-refractivity contribution in [1.82, 2.24) is 0 Å². The number of carbonyl (C=O) groups is 4. The molecular formula is C48H46O15. The molecule has 2 heterocycles. The van der Waals surface area contributed by atoms with E-state index >= 15 is 0 Å². The van der Waals surface area contributed by atoms with Crippen LogP contribution in [0.25, 0.3) is 24.3 Å². The summed E-state index contributed by atoms with van der Waals surface area (Å²) in [4.78, 5) is 53.0. The third-order valence-corrected chi connectivity index (χ3v) is 9.79. The third-order valence-electron chi connectivity index (χ3n) is 9.79. The molecule has 4 aromatic carbocycles. The van der Waals surface area contributed by atoms with Gasteiger partial charge in [-0.15, -0.1) is 0 Å².